The van der Waals surface area contributed by atoms with E-state index in [1.807, 2.05) is 12.1 Å². The summed E-state index contributed by atoms with van der Waals surface area (Å²) in [6.07, 6.45) is 2.12. The Labute approximate surface area is 158 Å². The molecule has 3 rings (SSSR count). The molecule has 0 spiro atoms. The van der Waals surface area contributed by atoms with E-state index in [-0.39, 0.29) is 17.8 Å². The lowest BCUT2D eigenvalue weighted by molar-refractivity contribution is 0.0655. The van der Waals surface area contributed by atoms with Crippen molar-refractivity contribution >= 4 is 5.91 Å². The van der Waals surface area contributed by atoms with Gasteiger partial charge in [-0.1, -0.05) is 12.1 Å². The number of nitrogens with zero attached hydrogens (tertiary/aromatic N) is 1. The van der Waals surface area contributed by atoms with Crippen LogP contribution >= 0.6 is 0 Å². The van der Waals surface area contributed by atoms with E-state index in [1.165, 1.54) is 12.1 Å². The first-order valence-corrected chi connectivity index (χ1v) is 9.11. The van der Waals surface area contributed by atoms with Crippen molar-refractivity contribution in [2.45, 2.75) is 18.9 Å². The zero-order valence-electron chi connectivity index (χ0n) is 15.4. The second-order valence-corrected chi connectivity index (χ2v) is 6.47. The van der Waals surface area contributed by atoms with Crippen molar-refractivity contribution in [3.05, 3.63) is 59.9 Å². The molecule has 5 nitrogen and oxygen atoms in total. The number of halogens is 1. The van der Waals surface area contributed by atoms with Gasteiger partial charge in [0.15, 0.2) is 0 Å². The number of likely N-dealkylation sites (N-methyl/N-ethyl adjacent to an activating group) is 1. The van der Waals surface area contributed by atoms with Gasteiger partial charge in [0.25, 0.3) is 5.91 Å². The quantitative estimate of drug-likeness (QED) is 0.710. The number of carbonyl (C=O) groups excluding carboxylic acids is 1. The minimum absolute atomic E-state index is 0.0926. The standard InChI is InChI=1S/C21H24FNO4/c1-23(12-14-26-17-10-8-16(22)9-11-17)21(24)19-6-2-3-7-20(19)27-15-18-5-4-13-25-18/h2-3,6-11,18H,4-5,12-15H2,1H3. The molecule has 1 fully saturated rings. The number of para-hydroxylation sites is 1. The van der Waals surface area contributed by atoms with Gasteiger partial charge in [0.2, 0.25) is 0 Å². The first-order valence-electron chi connectivity index (χ1n) is 9.11. The molecule has 0 N–H and O–H groups in total. The Kier molecular flexibility index (Phi) is 6.65. The van der Waals surface area contributed by atoms with Gasteiger partial charge in [-0.3, -0.25) is 4.79 Å². The Morgan fingerprint density at radius 2 is 1.96 bits per heavy atom. The van der Waals surface area contributed by atoms with Crippen molar-refractivity contribution in [2.24, 2.45) is 0 Å². The molecule has 27 heavy (non-hydrogen) atoms. The summed E-state index contributed by atoms with van der Waals surface area (Å²) in [5.74, 6) is 0.678. The second-order valence-electron chi connectivity index (χ2n) is 6.47. The molecule has 144 valence electrons. The lowest BCUT2D eigenvalue weighted by Crippen LogP contribution is -2.31. The van der Waals surface area contributed by atoms with E-state index < -0.39 is 0 Å². The van der Waals surface area contributed by atoms with Crippen LogP contribution in [0.1, 0.15) is 23.2 Å². The van der Waals surface area contributed by atoms with Crippen LogP contribution in [0.3, 0.4) is 0 Å². The van der Waals surface area contributed by atoms with Crippen LogP contribution in [0.4, 0.5) is 4.39 Å². The summed E-state index contributed by atoms with van der Waals surface area (Å²) < 4.78 is 29.9. The Morgan fingerprint density at radius 3 is 2.70 bits per heavy atom. The second kappa shape index (κ2) is 9.37. The minimum Gasteiger partial charge on any atom is -0.492 e. The molecule has 6 heteroatoms. The van der Waals surface area contributed by atoms with Gasteiger partial charge in [-0.15, -0.1) is 0 Å². The van der Waals surface area contributed by atoms with Crippen LogP contribution in [0.25, 0.3) is 0 Å². The molecule has 1 aliphatic rings. The highest BCUT2D eigenvalue weighted by molar-refractivity contribution is 5.96. The SMILES string of the molecule is CN(CCOc1ccc(F)cc1)C(=O)c1ccccc1OCC1CCCO1. The summed E-state index contributed by atoms with van der Waals surface area (Å²) in [4.78, 5) is 14.3. The van der Waals surface area contributed by atoms with Gasteiger partial charge in [0, 0.05) is 13.7 Å². The molecule has 1 atom stereocenters. The lowest BCUT2D eigenvalue weighted by Gasteiger charge is -2.20. The maximum absolute atomic E-state index is 12.9. The van der Waals surface area contributed by atoms with E-state index in [9.17, 15) is 9.18 Å². The molecule has 1 unspecified atom stereocenters. The average molecular weight is 373 g/mol. The number of benzene rings is 2. The molecule has 0 saturated carbocycles. The molecule has 0 aliphatic carbocycles. The van der Waals surface area contributed by atoms with E-state index in [1.54, 1.807) is 36.2 Å². The molecule has 0 radical (unpaired) electrons. The Morgan fingerprint density at radius 1 is 1.19 bits per heavy atom. The van der Waals surface area contributed by atoms with Gasteiger partial charge in [0.1, 0.15) is 30.5 Å². The molecule has 1 aliphatic heterocycles. The van der Waals surface area contributed by atoms with Crippen molar-refractivity contribution in [3.8, 4) is 11.5 Å². The van der Waals surface area contributed by atoms with Crippen LogP contribution < -0.4 is 9.47 Å². The maximum atomic E-state index is 12.9. The first kappa shape index (κ1) is 19.2. The van der Waals surface area contributed by atoms with Gasteiger partial charge < -0.3 is 19.1 Å². The van der Waals surface area contributed by atoms with E-state index in [4.69, 9.17) is 14.2 Å². The molecule has 1 heterocycles. The van der Waals surface area contributed by atoms with Gasteiger partial charge in [-0.25, -0.2) is 4.39 Å². The molecule has 1 saturated heterocycles. The highest BCUT2D eigenvalue weighted by atomic mass is 19.1. The summed E-state index contributed by atoms with van der Waals surface area (Å²) in [6.45, 7) is 1.93. The lowest BCUT2D eigenvalue weighted by atomic mass is 10.1. The monoisotopic (exact) mass is 373 g/mol. The van der Waals surface area contributed by atoms with E-state index >= 15 is 0 Å². The summed E-state index contributed by atoms with van der Waals surface area (Å²) in [5.41, 5.74) is 0.514. The molecule has 1 amide bonds. The van der Waals surface area contributed by atoms with E-state index in [0.29, 0.717) is 36.8 Å². The smallest absolute Gasteiger partial charge is 0.257 e. The van der Waals surface area contributed by atoms with Crippen LogP contribution in [-0.4, -0.2) is 50.3 Å². The Hall–Kier alpha value is -2.60. The predicted molar refractivity (Wildman–Crippen MR) is 99.8 cm³/mol. The van der Waals surface area contributed by atoms with Crippen LogP contribution in [-0.2, 0) is 4.74 Å². The molecule has 0 aromatic heterocycles. The fourth-order valence-corrected chi connectivity index (χ4v) is 2.87. The summed E-state index contributed by atoms with van der Waals surface area (Å²) in [5, 5.41) is 0. The van der Waals surface area contributed by atoms with Crippen LogP contribution in [0, 0.1) is 5.82 Å². The van der Waals surface area contributed by atoms with Crippen LogP contribution in [0.2, 0.25) is 0 Å². The predicted octanol–water partition coefficient (Wildman–Crippen LogP) is 3.53. The van der Waals surface area contributed by atoms with Crippen LogP contribution in [0.15, 0.2) is 48.5 Å². The minimum atomic E-state index is -0.311. The molecular formula is C21H24FNO4. The number of hydrogen-bond donors (Lipinski definition) is 0. The van der Waals surface area contributed by atoms with Crippen LogP contribution in [0.5, 0.6) is 11.5 Å². The third-order valence-electron chi connectivity index (χ3n) is 4.42. The van der Waals surface area contributed by atoms with Gasteiger partial charge in [-0.05, 0) is 49.2 Å². The van der Waals surface area contributed by atoms with Crippen molar-refractivity contribution in [1.29, 1.82) is 0 Å². The largest absolute Gasteiger partial charge is 0.492 e. The fraction of sp³-hybridized carbons (Fsp3) is 0.381. The maximum Gasteiger partial charge on any atom is 0.257 e. The third-order valence-corrected chi connectivity index (χ3v) is 4.42. The molecule has 2 aromatic carbocycles. The van der Waals surface area contributed by atoms with Gasteiger partial charge in [0.05, 0.1) is 18.2 Å². The average Bonchev–Trinajstić information content (AvgIpc) is 3.21. The first-order chi connectivity index (χ1) is 13.1. The number of ether oxygens (including phenoxy) is 3. The normalized spacial score (nSPS) is 16.1. The highest BCUT2D eigenvalue weighted by Crippen LogP contribution is 2.21. The molecule has 0 bridgehead atoms. The number of rotatable bonds is 8. The zero-order chi connectivity index (χ0) is 19.1. The number of hydrogen-bond acceptors (Lipinski definition) is 4. The van der Waals surface area contributed by atoms with Crippen molar-refractivity contribution in [3.63, 3.8) is 0 Å². The van der Waals surface area contributed by atoms with Crippen molar-refractivity contribution in [2.75, 3.05) is 33.4 Å². The highest BCUT2D eigenvalue weighted by Gasteiger charge is 2.20. The summed E-state index contributed by atoms with van der Waals surface area (Å²) >= 11 is 0. The summed E-state index contributed by atoms with van der Waals surface area (Å²) in [7, 11) is 1.72. The Bertz CT molecular complexity index is 744. The molecule has 2 aromatic rings. The zero-order valence-corrected chi connectivity index (χ0v) is 15.4. The third kappa shape index (κ3) is 5.44. The number of carbonyl (C=O) groups is 1. The van der Waals surface area contributed by atoms with E-state index in [2.05, 4.69) is 0 Å². The fourth-order valence-electron chi connectivity index (χ4n) is 2.87. The van der Waals surface area contributed by atoms with Gasteiger partial charge in [-0.2, -0.15) is 0 Å². The number of amides is 1. The van der Waals surface area contributed by atoms with Crippen molar-refractivity contribution < 1.29 is 23.4 Å². The molecular weight excluding hydrogens is 349 g/mol. The topological polar surface area (TPSA) is 48.0 Å². The summed E-state index contributed by atoms with van der Waals surface area (Å²) in [6, 6.07) is 13.0. The van der Waals surface area contributed by atoms with Gasteiger partial charge >= 0.3 is 0 Å². The van der Waals surface area contributed by atoms with E-state index in [0.717, 1.165) is 19.4 Å². The van der Waals surface area contributed by atoms with Crippen molar-refractivity contribution in [1.82, 2.24) is 4.90 Å². The Balaban J connectivity index is 1.53.